The van der Waals surface area contributed by atoms with Gasteiger partial charge in [-0.15, -0.1) is 0 Å². The van der Waals surface area contributed by atoms with Gasteiger partial charge in [0.1, 0.15) is 0 Å². The van der Waals surface area contributed by atoms with E-state index < -0.39 is 43.0 Å². The highest BCUT2D eigenvalue weighted by atomic mass is 35.5. The molecule has 1 aromatic rings. The van der Waals surface area contributed by atoms with E-state index in [9.17, 15) is 22.8 Å². The third-order valence-corrected chi connectivity index (χ3v) is 3.73. The lowest BCUT2D eigenvalue weighted by molar-refractivity contribution is -0.137. The van der Waals surface area contributed by atoms with Crippen molar-refractivity contribution in [3.63, 3.8) is 0 Å². The minimum Gasteiger partial charge on any atom is -0.370 e. The van der Waals surface area contributed by atoms with Gasteiger partial charge < -0.3 is 16.4 Å². The van der Waals surface area contributed by atoms with Crippen LogP contribution >= 0.6 is 11.6 Å². The molecule has 10 heteroatoms. The number of carbonyl (C=O) groups excluding carboxylic acids is 2. The monoisotopic (exact) mass is 362 g/mol. The molecular weight excluding hydrogens is 349 g/mol. The van der Waals surface area contributed by atoms with Gasteiger partial charge in [-0.05, 0) is 23.8 Å². The minimum absolute atomic E-state index is 0.212. The van der Waals surface area contributed by atoms with Crippen LogP contribution in [-0.2, 0) is 4.79 Å². The van der Waals surface area contributed by atoms with Crippen molar-refractivity contribution in [2.75, 3.05) is 6.54 Å². The lowest BCUT2D eigenvalue weighted by Gasteiger charge is -2.25. The Morgan fingerprint density at radius 1 is 1.33 bits per heavy atom. The van der Waals surface area contributed by atoms with E-state index in [1.54, 1.807) is 0 Å². The first-order chi connectivity index (χ1) is 11.1. The van der Waals surface area contributed by atoms with E-state index in [0.717, 1.165) is 4.90 Å². The Morgan fingerprint density at radius 3 is 2.58 bits per heavy atom. The number of benzene rings is 1. The lowest BCUT2D eigenvalue weighted by Crippen LogP contribution is -2.33. The van der Waals surface area contributed by atoms with E-state index in [2.05, 4.69) is 4.99 Å². The molecular formula is C14H14ClF3N4O2. The molecule has 0 aromatic heterocycles. The Morgan fingerprint density at radius 2 is 2.00 bits per heavy atom. The van der Waals surface area contributed by atoms with Crippen LogP contribution in [0.2, 0.25) is 5.02 Å². The Bertz CT molecular complexity index is 702. The van der Waals surface area contributed by atoms with Crippen LogP contribution in [0.3, 0.4) is 0 Å². The number of nitrogens with two attached hydrogens (primary N) is 2. The summed E-state index contributed by atoms with van der Waals surface area (Å²) in [7, 11) is 0. The van der Waals surface area contributed by atoms with Crippen molar-refractivity contribution in [1.29, 1.82) is 0 Å². The van der Waals surface area contributed by atoms with Gasteiger partial charge in [0.25, 0.3) is 11.8 Å². The van der Waals surface area contributed by atoms with Gasteiger partial charge in [0.15, 0.2) is 5.96 Å². The molecule has 2 rings (SSSR count). The van der Waals surface area contributed by atoms with E-state index in [-0.39, 0.29) is 12.0 Å². The molecule has 24 heavy (non-hydrogen) atoms. The van der Waals surface area contributed by atoms with Crippen molar-refractivity contribution >= 4 is 29.4 Å². The zero-order valence-electron chi connectivity index (χ0n) is 12.3. The minimum atomic E-state index is -4.43. The highest BCUT2D eigenvalue weighted by molar-refractivity contribution is 6.30. The number of alkyl halides is 3. The van der Waals surface area contributed by atoms with Crippen LogP contribution in [0.25, 0.3) is 0 Å². The Hall–Kier alpha value is -2.29. The first-order valence-corrected chi connectivity index (χ1v) is 7.26. The average molecular weight is 363 g/mol. The van der Waals surface area contributed by atoms with E-state index in [1.807, 2.05) is 0 Å². The standard InChI is InChI=1S/C14H14ClF3N4O2/c15-7-1-2-8-9(5-7)10(6-11(23)21-13(19)20)22(12(8)24)4-3-14(16,17)18/h1-2,5,10H,3-4,6H2,(H4,19,20,21,23)/t10-/m0/s1. The molecule has 4 N–H and O–H groups in total. The molecule has 1 heterocycles. The number of guanidine groups is 1. The van der Waals surface area contributed by atoms with Crippen LogP contribution in [0, 0.1) is 0 Å². The van der Waals surface area contributed by atoms with Crippen molar-refractivity contribution < 1.29 is 22.8 Å². The van der Waals surface area contributed by atoms with E-state index in [0.29, 0.717) is 10.6 Å². The van der Waals surface area contributed by atoms with Gasteiger partial charge >= 0.3 is 6.18 Å². The van der Waals surface area contributed by atoms with Gasteiger partial charge in [-0.25, -0.2) is 0 Å². The summed E-state index contributed by atoms with van der Waals surface area (Å²) in [6.07, 6.45) is -5.95. The summed E-state index contributed by atoms with van der Waals surface area (Å²) in [6.45, 7) is -0.575. The summed E-state index contributed by atoms with van der Waals surface area (Å²) in [4.78, 5) is 28.5. The van der Waals surface area contributed by atoms with Gasteiger partial charge in [0.2, 0.25) is 0 Å². The van der Waals surface area contributed by atoms with E-state index >= 15 is 0 Å². The molecule has 0 aliphatic carbocycles. The predicted octanol–water partition coefficient (Wildman–Crippen LogP) is 1.98. The molecule has 0 spiro atoms. The molecule has 0 unspecified atom stereocenters. The van der Waals surface area contributed by atoms with Gasteiger partial charge in [0, 0.05) is 17.1 Å². The number of rotatable bonds is 4. The summed E-state index contributed by atoms with van der Waals surface area (Å²) >= 11 is 5.89. The van der Waals surface area contributed by atoms with Crippen LogP contribution in [0.1, 0.15) is 34.8 Å². The second-order valence-corrected chi connectivity index (χ2v) is 5.68. The maximum Gasteiger partial charge on any atom is 0.390 e. The number of hydrogen-bond donors (Lipinski definition) is 2. The van der Waals surface area contributed by atoms with E-state index in [1.165, 1.54) is 18.2 Å². The van der Waals surface area contributed by atoms with Gasteiger partial charge in [-0.3, -0.25) is 9.59 Å². The van der Waals surface area contributed by atoms with Crippen molar-refractivity contribution in [3.05, 3.63) is 34.3 Å². The smallest absolute Gasteiger partial charge is 0.370 e. The molecule has 1 aliphatic rings. The summed E-state index contributed by atoms with van der Waals surface area (Å²) in [5, 5.41) is 0.304. The average Bonchev–Trinajstić information content (AvgIpc) is 2.67. The number of amides is 2. The van der Waals surface area contributed by atoms with Crippen LogP contribution in [0.5, 0.6) is 0 Å². The second kappa shape index (κ2) is 6.68. The second-order valence-electron chi connectivity index (χ2n) is 5.25. The fraction of sp³-hybridized carbons (Fsp3) is 0.357. The largest absolute Gasteiger partial charge is 0.390 e. The number of fused-ring (bicyclic) bond motifs is 1. The quantitative estimate of drug-likeness (QED) is 0.631. The van der Waals surface area contributed by atoms with Gasteiger partial charge in [-0.1, -0.05) is 11.6 Å². The van der Waals surface area contributed by atoms with Gasteiger partial charge in [0.05, 0.1) is 18.9 Å². The number of aliphatic imine (C=N–C) groups is 1. The van der Waals surface area contributed by atoms with Crippen molar-refractivity contribution in [2.45, 2.75) is 25.1 Å². The van der Waals surface area contributed by atoms with Crippen LogP contribution in [0.4, 0.5) is 13.2 Å². The summed E-state index contributed by atoms with van der Waals surface area (Å²) in [5.74, 6) is -1.79. The molecule has 0 saturated heterocycles. The van der Waals surface area contributed by atoms with Crippen LogP contribution in [-0.4, -0.2) is 35.4 Å². The zero-order valence-corrected chi connectivity index (χ0v) is 13.1. The molecule has 2 amide bonds. The molecule has 0 bridgehead atoms. The normalized spacial score (nSPS) is 16.9. The van der Waals surface area contributed by atoms with Crippen LogP contribution in [0.15, 0.2) is 23.2 Å². The maximum absolute atomic E-state index is 12.5. The predicted molar refractivity (Wildman–Crippen MR) is 81.3 cm³/mol. The van der Waals surface area contributed by atoms with Crippen molar-refractivity contribution in [2.24, 2.45) is 16.5 Å². The first-order valence-electron chi connectivity index (χ1n) is 6.88. The molecule has 1 atom stereocenters. The van der Waals surface area contributed by atoms with Crippen molar-refractivity contribution in [1.82, 2.24) is 4.90 Å². The molecule has 130 valence electrons. The fourth-order valence-corrected chi connectivity index (χ4v) is 2.73. The van der Waals surface area contributed by atoms with Gasteiger partial charge in [-0.2, -0.15) is 18.2 Å². The van der Waals surface area contributed by atoms with Crippen molar-refractivity contribution in [3.8, 4) is 0 Å². The summed E-state index contributed by atoms with van der Waals surface area (Å²) in [5.41, 5.74) is 10.8. The van der Waals surface area contributed by atoms with Crippen LogP contribution < -0.4 is 11.5 Å². The van der Waals surface area contributed by atoms with E-state index in [4.69, 9.17) is 23.1 Å². The number of hydrogen-bond acceptors (Lipinski definition) is 2. The first kappa shape index (κ1) is 18.1. The lowest BCUT2D eigenvalue weighted by atomic mass is 10.0. The molecule has 6 nitrogen and oxygen atoms in total. The SMILES string of the molecule is NC(N)=NC(=O)C[C@H]1c2cc(Cl)ccc2C(=O)N1CCC(F)(F)F. The summed E-state index contributed by atoms with van der Waals surface area (Å²) < 4.78 is 37.5. The fourth-order valence-electron chi connectivity index (χ4n) is 2.55. The Kier molecular flexibility index (Phi) is 5.02. The molecule has 0 fully saturated rings. The number of carbonyl (C=O) groups is 2. The highest BCUT2D eigenvalue weighted by Crippen LogP contribution is 2.38. The number of halogens is 4. The molecule has 1 aromatic carbocycles. The number of nitrogens with zero attached hydrogens (tertiary/aromatic N) is 2. The highest BCUT2D eigenvalue weighted by Gasteiger charge is 2.40. The summed E-state index contributed by atoms with van der Waals surface area (Å²) in [6, 6.07) is 3.44. The third-order valence-electron chi connectivity index (χ3n) is 3.50. The zero-order chi connectivity index (χ0) is 18.1. The molecule has 1 aliphatic heterocycles. The Labute approximate surface area is 140 Å². The topological polar surface area (TPSA) is 102 Å². The molecule has 0 saturated carbocycles. The molecule has 0 radical (unpaired) electrons. The Balaban J connectivity index is 2.32. The maximum atomic E-state index is 12.5. The third kappa shape index (κ3) is 4.16.